The third-order valence-electron chi connectivity index (χ3n) is 3.62. The fourth-order valence-electron chi connectivity index (χ4n) is 2.45. The molecular formula is C14H17NO. The van der Waals surface area contributed by atoms with Crippen molar-refractivity contribution < 1.29 is 4.74 Å². The fourth-order valence-corrected chi connectivity index (χ4v) is 2.45. The first-order chi connectivity index (χ1) is 7.78. The van der Waals surface area contributed by atoms with Gasteiger partial charge in [-0.3, -0.25) is 4.90 Å². The molecule has 1 spiro atoms. The van der Waals surface area contributed by atoms with E-state index in [9.17, 15) is 0 Å². The second-order valence-corrected chi connectivity index (χ2v) is 4.83. The summed E-state index contributed by atoms with van der Waals surface area (Å²) in [6.45, 7) is 1.77. The van der Waals surface area contributed by atoms with Gasteiger partial charge in [0, 0.05) is 13.0 Å². The highest BCUT2D eigenvalue weighted by Crippen LogP contribution is 2.41. The van der Waals surface area contributed by atoms with E-state index in [0.717, 1.165) is 19.6 Å². The van der Waals surface area contributed by atoms with E-state index in [1.807, 2.05) is 6.07 Å². The summed E-state index contributed by atoms with van der Waals surface area (Å²) in [5.74, 6) is 0. The minimum absolute atomic E-state index is 0.279. The van der Waals surface area contributed by atoms with Crippen molar-refractivity contribution >= 4 is 0 Å². The highest BCUT2D eigenvalue weighted by atomic mass is 16.5. The maximum atomic E-state index is 5.95. The van der Waals surface area contributed by atoms with Crippen molar-refractivity contribution in [3.63, 3.8) is 0 Å². The quantitative estimate of drug-likeness (QED) is 0.717. The molecule has 1 saturated heterocycles. The third-order valence-corrected chi connectivity index (χ3v) is 3.62. The first-order valence-electron chi connectivity index (χ1n) is 5.86. The van der Waals surface area contributed by atoms with Crippen LogP contribution in [0.3, 0.4) is 0 Å². The van der Waals surface area contributed by atoms with Gasteiger partial charge >= 0.3 is 0 Å². The van der Waals surface area contributed by atoms with E-state index in [2.05, 4.69) is 48.4 Å². The highest BCUT2D eigenvalue weighted by molar-refractivity contribution is 5.36. The molecule has 1 aromatic carbocycles. The van der Waals surface area contributed by atoms with Crippen LogP contribution in [-0.4, -0.2) is 30.1 Å². The highest BCUT2D eigenvalue weighted by Gasteiger charge is 2.46. The average Bonchev–Trinajstić information content (AvgIpc) is 3.01. The van der Waals surface area contributed by atoms with Gasteiger partial charge in [-0.1, -0.05) is 42.5 Å². The van der Waals surface area contributed by atoms with Crippen LogP contribution in [0.4, 0.5) is 0 Å². The first kappa shape index (κ1) is 10.1. The maximum Gasteiger partial charge on any atom is 0.0730 e. The summed E-state index contributed by atoms with van der Waals surface area (Å²) in [6.07, 6.45) is 6.05. The number of hydrogen-bond acceptors (Lipinski definition) is 2. The predicted molar refractivity (Wildman–Crippen MR) is 64.1 cm³/mol. The summed E-state index contributed by atoms with van der Waals surface area (Å²) >= 11 is 0. The van der Waals surface area contributed by atoms with E-state index in [-0.39, 0.29) is 5.54 Å². The largest absolute Gasteiger partial charge is 0.372 e. The molecule has 0 radical (unpaired) electrons. The molecule has 2 nitrogen and oxygen atoms in total. The van der Waals surface area contributed by atoms with E-state index >= 15 is 0 Å². The lowest BCUT2D eigenvalue weighted by Gasteiger charge is -2.16. The van der Waals surface area contributed by atoms with Crippen LogP contribution in [0.5, 0.6) is 0 Å². The summed E-state index contributed by atoms with van der Waals surface area (Å²) in [5, 5.41) is 0. The fraction of sp³-hybridized carbons (Fsp3) is 0.429. The molecule has 1 fully saturated rings. The zero-order chi connectivity index (χ0) is 11.0. The summed E-state index contributed by atoms with van der Waals surface area (Å²) in [7, 11) is 2.17. The second kappa shape index (κ2) is 3.72. The molecule has 3 rings (SSSR count). The lowest BCUT2D eigenvalue weighted by atomic mass is 10.1. The molecule has 0 bridgehead atoms. The van der Waals surface area contributed by atoms with Crippen molar-refractivity contribution in [2.45, 2.75) is 24.7 Å². The Morgan fingerprint density at radius 2 is 2.06 bits per heavy atom. The Labute approximate surface area is 96.5 Å². The molecule has 84 valence electrons. The molecule has 2 aliphatic rings. The molecule has 0 amide bonds. The van der Waals surface area contributed by atoms with E-state index in [0.29, 0.717) is 6.10 Å². The normalized spacial score (nSPS) is 26.4. The molecule has 0 saturated carbocycles. The zero-order valence-corrected chi connectivity index (χ0v) is 9.60. The number of benzene rings is 1. The van der Waals surface area contributed by atoms with Crippen molar-refractivity contribution in [2.75, 3.05) is 13.6 Å². The van der Waals surface area contributed by atoms with Gasteiger partial charge in [0.25, 0.3) is 0 Å². The van der Waals surface area contributed by atoms with Crippen molar-refractivity contribution in [1.29, 1.82) is 0 Å². The van der Waals surface area contributed by atoms with E-state index in [4.69, 9.17) is 4.74 Å². The van der Waals surface area contributed by atoms with E-state index in [1.54, 1.807) is 0 Å². The van der Waals surface area contributed by atoms with Gasteiger partial charge in [-0.25, -0.2) is 0 Å². The summed E-state index contributed by atoms with van der Waals surface area (Å²) in [5.41, 5.74) is 1.54. The molecule has 0 N–H and O–H groups in total. The van der Waals surface area contributed by atoms with Gasteiger partial charge in [0.15, 0.2) is 0 Å². The van der Waals surface area contributed by atoms with Crippen molar-refractivity contribution in [3.8, 4) is 0 Å². The summed E-state index contributed by atoms with van der Waals surface area (Å²) in [4.78, 5) is 2.38. The zero-order valence-electron chi connectivity index (χ0n) is 9.60. The number of likely N-dealkylation sites (tertiary alicyclic amines) is 1. The SMILES string of the molecule is CN1CC(OCc2ccccc2)CC12C=C2. The van der Waals surface area contributed by atoms with Gasteiger partial charge in [0.2, 0.25) is 0 Å². The lowest BCUT2D eigenvalue weighted by Crippen LogP contribution is -2.28. The molecular weight excluding hydrogens is 198 g/mol. The molecule has 1 aromatic rings. The minimum atomic E-state index is 0.279. The van der Waals surface area contributed by atoms with Crippen LogP contribution in [0, 0.1) is 0 Å². The van der Waals surface area contributed by atoms with Gasteiger partial charge in [-0.05, 0) is 12.6 Å². The molecule has 0 aromatic heterocycles. The third kappa shape index (κ3) is 1.79. The molecule has 1 heterocycles. The Morgan fingerprint density at radius 3 is 2.69 bits per heavy atom. The Kier molecular flexibility index (Phi) is 2.34. The Morgan fingerprint density at radius 1 is 1.31 bits per heavy atom. The van der Waals surface area contributed by atoms with Gasteiger partial charge in [-0.2, -0.15) is 0 Å². The van der Waals surface area contributed by atoms with Gasteiger partial charge in [0.1, 0.15) is 0 Å². The van der Waals surface area contributed by atoms with Crippen molar-refractivity contribution in [1.82, 2.24) is 4.90 Å². The van der Waals surface area contributed by atoms with Gasteiger partial charge in [-0.15, -0.1) is 0 Å². The Balaban J connectivity index is 1.54. The number of nitrogens with zero attached hydrogens (tertiary/aromatic N) is 1. The van der Waals surface area contributed by atoms with Crippen molar-refractivity contribution in [3.05, 3.63) is 48.0 Å². The molecule has 1 atom stereocenters. The van der Waals surface area contributed by atoms with E-state index < -0.39 is 0 Å². The van der Waals surface area contributed by atoms with Crippen LogP contribution < -0.4 is 0 Å². The van der Waals surface area contributed by atoms with Gasteiger partial charge < -0.3 is 4.74 Å². The second-order valence-electron chi connectivity index (χ2n) is 4.83. The number of rotatable bonds is 3. The van der Waals surface area contributed by atoms with Crippen LogP contribution in [0.15, 0.2) is 42.5 Å². The molecule has 1 aliphatic carbocycles. The smallest absolute Gasteiger partial charge is 0.0730 e. The van der Waals surface area contributed by atoms with Gasteiger partial charge in [0.05, 0.1) is 18.2 Å². The maximum absolute atomic E-state index is 5.95. The van der Waals surface area contributed by atoms with Crippen LogP contribution in [0.25, 0.3) is 0 Å². The number of ether oxygens (including phenoxy) is 1. The topological polar surface area (TPSA) is 12.5 Å². The van der Waals surface area contributed by atoms with Crippen LogP contribution in [0.1, 0.15) is 12.0 Å². The van der Waals surface area contributed by atoms with E-state index in [1.165, 1.54) is 5.56 Å². The van der Waals surface area contributed by atoms with Crippen LogP contribution in [-0.2, 0) is 11.3 Å². The van der Waals surface area contributed by atoms with Crippen LogP contribution >= 0.6 is 0 Å². The van der Waals surface area contributed by atoms with Crippen molar-refractivity contribution in [2.24, 2.45) is 0 Å². The number of hydrogen-bond donors (Lipinski definition) is 0. The minimum Gasteiger partial charge on any atom is -0.372 e. The number of likely N-dealkylation sites (N-methyl/N-ethyl adjacent to an activating group) is 1. The summed E-state index contributed by atoms with van der Waals surface area (Å²) in [6, 6.07) is 10.4. The standard InChI is InChI=1S/C14H17NO/c1-15-10-13(9-14(15)7-8-14)16-11-12-5-3-2-4-6-12/h2-8,13H,9-11H2,1H3. The molecule has 2 heteroatoms. The predicted octanol–water partition coefficient (Wildman–Crippen LogP) is 2.22. The first-order valence-corrected chi connectivity index (χ1v) is 5.86. The Bertz CT molecular complexity index is 392. The summed E-state index contributed by atoms with van der Waals surface area (Å²) < 4.78 is 5.95. The Hall–Kier alpha value is -1.12. The average molecular weight is 215 g/mol. The lowest BCUT2D eigenvalue weighted by molar-refractivity contribution is 0.0481. The molecule has 16 heavy (non-hydrogen) atoms. The molecule has 1 unspecified atom stereocenters. The van der Waals surface area contributed by atoms with Crippen LogP contribution in [0.2, 0.25) is 0 Å². The molecule has 1 aliphatic heterocycles. The monoisotopic (exact) mass is 215 g/mol.